The van der Waals surface area contributed by atoms with Gasteiger partial charge in [-0.15, -0.1) is 0 Å². The van der Waals surface area contributed by atoms with Gasteiger partial charge in [0, 0.05) is 30.2 Å². The van der Waals surface area contributed by atoms with E-state index >= 15 is 0 Å². The van der Waals surface area contributed by atoms with E-state index in [2.05, 4.69) is 10.2 Å². The molecule has 2 heterocycles. The van der Waals surface area contributed by atoms with Crippen LogP contribution >= 0.6 is 11.6 Å². The summed E-state index contributed by atoms with van der Waals surface area (Å²) < 4.78 is 16.6. The Bertz CT molecular complexity index is 1160. The van der Waals surface area contributed by atoms with Gasteiger partial charge in [0.2, 0.25) is 11.8 Å². The van der Waals surface area contributed by atoms with E-state index < -0.39 is 0 Å². The van der Waals surface area contributed by atoms with Crippen LogP contribution in [-0.2, 0) is 17.8 Å². The SMILES string of the molecule is COc1ccc(CCNC(=O)[C@H]2CCCN(Cc3nc(-c4cccc(Cl)c4)oc3C)C2)cc1OC. The van der Waals surface area contributed by atoms with Crippen LogP contribution in [0.5, 0.6) is 11.5 Å². The molecule has 0 spiro atoms. The van der Waals surface area contributed by atoms with Gasteiger partial charge in [0.05, 0.1) is 25.8 Å². The van der Waals surface area contributed by atoms with Crippen molar-refractivity contribution in [2.24, 2.45) is 5.92 Å². The summed E-state index contributed by atoms with van der Waals surface area (Å²) in [6.07, 6.45) is 2.60. The molecule has 3 aromatic rings. The fourth-order valence-electron chi connectivity index (χ4n) is 4.46. The number of hydrogen-bond donors (Lipinski definition) is 1. The van der Waals surface area contributed by atoms with E-state index in [1.807, 2.05) is 49.4 Å². The fourth-order valence-corrected chi connectivity index (χ4v) is 4.65. The van der Waals surface area contributed by atoms with Gasteiger partial charge in [-0.2, -0.15) is 0 Å². The standard InChI is InChI=1S/C27H32ClN3O4/c1-18-23(30-27(35-18)20-6-4-8-22(28)15-20)17-31-13-5-7-21(16-31)26(32)29-12-11-19-9-10-24(33-2)25(14-19)34-3/h4,6,8-10,14-15,21H,5,7,11-13,16-17H2,1-3H3,(H,29,32)/t21-/m0/s1. The molecule has 186 valence electrons. The molecule has 1 fully saturated rings. The zero-order chi connectivity index (χ0) is 24.8. The third-order valence-corrected chi connectivity index (χ3v) is 6.61. The van der Waals surface area contributed by atoms with Gasteiger partial charge >= 0.3 is 0 Å². The molecule has 1 aliphatic rings. The molecule has 0 radical (unpaired) electrons. The number of likely N-dealkylation sites (tertiary alicyclic amines) is 1. The molecule has 35 heavy (non-hydrogen) atoms. The van der Waals surface area contributed by atoms with Crippen LogP contribution in [-0.4, -0.2) is 49.6 Å². The van der Waals surface area contributed by atoms with Crippen LogP contribution in [0.1, 0.15) is 29.9 Å². The lowest BCUT2D eigenvalue weighted by Crippen LogP contribution is -2.43. The average Bonchev–Trinajstić information content (AvgIpc) is 3.24. The fraction of sp³-hybridized carbons (Fsp3) is 0.407. The maximum atomic E-state index is 12.9. The smallest absolute Gasteiger partial charge is 0.226 e. The zero-order valence-corrected chi connectivity index (χ0v) is 21.2. The van der Waals surface area contributed by atoms with Crippen LogP contribution in [0, 0.1) is 12.8 Å². The number of benzene rings is 2. The van der Waals surface area contributed by atoms with Crippen molar-refractivity contribution in [1.29, 1.82) is 0 Å². The Kier molecular flexibility index (Phi) is 8.31. The highest BCUT2D eigenvalue weighted by Crippen LogP contribution is 2.28. The largest absolute Gasteiger partial charge is 0.493 e. The molecular weight excluding hydrogens is 466 g/mol. The van der Waals surface area contributed by atoms with Gasteiger partial charge in [-0.05, 0) is 68.6 Å². The van der Waals surface area contributed by atoms with Crippen molar-refractivity contribution in [3.63, 3.8) is 0 Å². The zero-order valence-electron chi connectivity index (χ0n) is 20.5. The van der Waals surface area contributed by atoms with Crippen LogP contribution in [0.3, 0.4) is 0 Å². The lowest BCUT2D eigenvalue weighted by Gasteiger charge is -2.31. The summed E-state index contributed by atoms with van der Waals surface area (Å²) >= 11 is 6.11. The van der Waals surface area contributed by atoms with Gasteiger partial charge in [0.15, 0.2) is 11.5 Å². The van der Waals surface area contributed by atoms with Crippen molar-refractivity contribution in [2.45, 2.75) is 32.7 Å². The Morgan fingerprint density at radius 3 is 2.80 bits per heavy atom. The molecule has 8 heteroatoms. The third kappa shape index (κ3) is 6.35. The number of ether oxygens (including phenoxy) is 2. The maximum Gasteiger partial charge on any atom is 0.226 e. The number of oxazole rings is 1. The number of carbonyl (C=O) groups is 1. The summed E-state index contributed by atoms with van der Waals surface area (Å²) in [6.45, 7) is 4.81. The van der Waals surface area contributed by atoms with Crippen molar-refractivity contribution in [3.05, 3.63) is 64.5 Å². The van der Waals surface area contributed by atoms with Crippen molar-refractivity contribution < 1.29 is 18.7 Å². The first-order valence-corrected chi connectivity index (χ1v) is 12.3. The number of carbonyl (C=O) groups excluding carboxylic acids is 1. The van der Waals surface area contributed by atoms with E-state index in [1.165, 1.54) is 0 Å². The summed E-state index contributed by atoms with van der Waals surface area (Å²) in [7, 11) is 3.24. The number of halogens is 1. The normalized spacial score (nSPS) is 16.2. The highest BCUT2D eigenvalue weighted by molar-refractivity contribution is 6.30. The Labute approximate surface area is 211 Å². The summed E-state index contributed by atoms with van der Waals surface area (Å²) in [5.74, 6) is 2.83. The minimum absolute atomic E-state index is 0.0336. The number of nitrogens with zero attached hydrogens (tertiary/aromatic N) is 2. The number of hydrogen-bond acceptors (Lipinski definition) is 6. The van der Waals surface area contributed by atoms with Crippen LogP contribution in [0.2, 0.25) is 5.02 Å². The van der Waals surface area contributed by atoms with Crippen molar-refractivity contribution in [1.82, 2.24) is 15.2 Å². The second-order valence-electron chi connectivity index (χ2n) is 8.84. The monoisotopic (exact) mass is 497 g/mol. The Morgan fingerprint density at radius 2 is 2.03 bits per heavy atom. The summed E-state index contributed by atoms with van der Waals surface area (Å²) in [4.78, 5) is 19.9. The molecule has 1 amide bonds. The van der Waals surface area contributed by atoms with Crippen molar-refractivity contribution in [3.8, 4) is 23.0 Å². The van der Waals surface area contributed by atoms with E-state index in [-0.39, 0.29) is 11.8 Å². The quantitative estimate of drug-likeness (QED) is 0.453. The topological polar surface area (TPSA) is 76.8 Å². The molecular formula is C27H32ClN3O4. The summed E-state index contributed by atoms with van der Waals surface area (Å²) in [5, 5.41) is 3.76. The molecule has 0 bridgehead atoms. The Balaban J connectivity index is 1.30. The molecule has 1 aliphatic heterocycles. The van der Waals surface area contributed by atoms with Crippen LogP contribution < -0.4 is 14.8 Å². The minimum atomic E-state index is -0.0336. The number of rotatable bonds is 9. The first kappa shape index (κ1) is 25.1. The van der Waals surface area contributed by atoms with Gasteiger partial charge in [0.25, 0.3) is 0 Å². The van der Waals surface area contributed by atoms with Gasteiger partial charge in [-0.3, -0.25) is 9.69 Å². The number of piperidine rings is 1. The van der Waals surface area contributed by atoms with Crippen LogP contribution in [0.4, 0.5) is 0 Å². The lowest BCUT2D eigenvalue weighted by molar-refractivity contribution is -0.126. The Hall–Kier alpha value is -3.03. The van der Waals surface area contributed by atoms with E-state index in [0.717, 1.165) is 48.4 Å². The molecule has 7 nitrogen and oxygen atoms in total. The molecule has 1 saturated heterocycles. The molecule has 1 N–H and O–H groups in total. The van der Waals surface area contributed by atoms with E-state index in [4.69, 9.17) is 30.5 Å². The molecule has 2 aromatic carbocycles. The average molecular weight is 498 g/mol. The van der Waals surface area contributed by atoms with Gasteiger partial charge in [-0.25, -0.2) is 4.98 Å². The second-order valence-corrected chi connectivity index (χ2v) is 9.27. The van der Waals surface area contributed by atoms with Gasteiger partial charge in [-0.1, -0.05) is 23.7 Å². The lowest BCUT2D eigenvalue weighted by atomic mass is 9.97. The molecule has 1 atom stereocenters. The number of nitrogens with one attached hydrogen (secondary N) is 1. The van der Waals surface area contributed by atoms with Crippen LogP contribution in [0.25, 0.3) is 11.5 Å². The highest BCUT2D eigenvalue weighted by atomic mass is 35.5. The number of methoxy groups -OCH3 is 2. The van der Waals surface area contributed by atoms with Crippen LogP contribution in [0.15, 0.2) is 46.9 Å². The second kappa shape index (κ2) is 11.6. The number of amides is 1. The highest BCUT2D eigenvalue weighted by Gasteiger charge is 2.27. The molecule has 1 aromatic heterocycles. The van der Waals surface area contributed by atoms with E-state index in [0.29, 0.717) is 42.0 Å². The van der Waals surface area contributed by atoms with Crippen molar-refractivity contribution in [2.75, 3.05) is 33.9 Å². The molecule has 4 rings (SSSR count). The van der Waals surface area contributed by atoms with Gasteiger partial charge in [0.1, 0.15) is 5.76 Å². The minimum Gasteiger partial charge on any atom is -0.493 e. The Morgan fingerprint density at radius 1 is 1.20 bits per heavy atom. The third-order valence-electron chi connectivity index (χ3n) is 6.37. The van der Waals surface area contributed by atoms with E-state index in [9.17, 15) is 4.79 Å². The van der Waals surface area contributed by atoms with Crippen molar-refractivity contribution >= 4 is 17.5 Å². The predicted molar refractivity (Wildman–Crippen MR) is 136 cm³/mol. The predicted octanol–water partition coefficient (Wildman–Crippen LogP) is 4.89. The first-order chi connectivity index (χ1) is 17.0. The summed E-state index contributed by atoms with van der Waals surface area (Å²) in [5.41, 5.74) is 2.84. The molecule has 0 aliphatic carbocycles. The number of aromatic nitrogens is 1. The van der Waals surface area contributed by atoms with E-state index in [1.54, 1.807) is 14.2 Å². The summed E-state index contributed by atoms with van der Waals surface area (Å²) in [6, 6.07) is 13.3. The molecule has 0 saturated carbocycles. The first-order valence-electron chi connectivity index (χ1n) is 11.9. The maximum absolute atomic E-state index is 12.9. The molecule has 0 unspecified atom stereocenters. The number of aryl methyl sites for hydroxylation is 1. The van der Waals surface area contributed by atoms with Gasteiger partial charge < -0.3 is 19.2 Å².